The van der Waals surface area contributed by atoms with Gasteiger partial charge in [0, 0.05) is 25.2 Å². The summed E-state index contributed by atoms with van der Waals surface area (Å²) in [6.45, 7) is 3.78. The number of anilines is 2. The largest absolute Gasteiger partial charge is 0.370 e. The molecule has 0 saturated heterocycles. The monoisotopic (exact) mass is 223 g/mol. The Balaban J connectivity index is 2.75. The molecule has 6 heteroatoms. The summed E-state index contributed by atoms with van der Waals surface area (Å²) < 4.78 is 0. The molecule has 0 fully saturated rings. The predicted molar refractivity (Wildman–Crippen MR) is 63.1 cm³/mol. The molecule has 16 heavy (non-hydrogen) atoms. The maximum atomic E-state index is 10.9. The molecule has 0 saturated carbocycles. The summed E-state index contributed by atoms with van der Waals surface area (Å²) in [4.78, 5) is 19.1. The third-order valence-electron chi connectivity index (χ3n) is 1.96. The first kappa shape index (κ1) is 12.2. The zero-order chi connectivity index (χ0) is 12.2. The normalized spacial score (nSPS) is 10.9. The first-order valence-electron chi connectivity index (χ1n) is 5.00. The van der Waals surface area contributed by atoms with E-state index in [4.69, 9.17) is 5.73 Å². The number of rotatable bonds is 5. The lowest BCUT2D eigenvalue weighted by molar-refractivity contribution is -0.118. The van der Waals surface area contributed by atoms with Crippen LogP contribution >= 0.6 is 0 Å². The number of carbonyl (C=O) groups is 1. The summed E-state index contributed by atoms with van der Waals surface area (Å²) in [5, 5.41) is 5.97. The lowest BCUT2D eigenvalue weighted by atomic mass is 10.0. The van der Waals surface area contributed by atoms with Crippen molar-refractivity contribution < 1.29 is 4.79 Å². The molecule has 6 nitrogen and oxygen atoms in total. The SMILES string of the molecule is CNc1nccc(NC(C)(C)CC(N)=O)n1. The first-order valence-corrected chi connectivity index (χ1v) is 5.00. The summed E-state index contributed by atoms with van der Waals surface area (Å²) in [5.74, 6) is 0.839. The molecule has 1 aromatic rings. The van der Waals surface area contributed by atoms with Crippen molar-refractivity contribution in [2.45, 2.75) is 25.8 Å². The van der Waals surface area contributed by atoms with Crippen LogP contribution in [0.2, 0.25) is 0 Å². The van der Waals surface area contributed by atoms with E-state index in [-0.39, 0.29) is 12.3 Å². The molecule has 0 aliphatic rings. The molecular weight excluding hydrogens is 206 g/mol. The molecule has 0 aromatic carbocycles. The molecule has 1 aromatic heterocycles. The number of nitrogens with zero attached hydrogens (tertiary/aromatic N) is 2. The van der Waals surface area contributed by atoms with Crippen molar-refractivity contribution in [2.24, 2.45) is 5.73 Å². The molecule has 0 bridgehead atoms. The highest BCUT2D eigenvalue weighted by molar-refractivity contribution is 5.75. The minimum Gasteiger partial charge on any atom is -0.370 e. The van der Waals surface area contributed by atoms with Gasteiger partial charge in [-0.25, -0.2) is 4.98 Å². The van der Waals surface area contributed by atoms with E-state index in [1.54, 1.807) is 19.3 Å². The second kappa shape index (κ2) is 4.78. The Morgan fingerprint density at radius 1 is 1.56 bits per heavy atom. The minimum absolute atomic E-state index is 0.242. The number of hydrogen-bond donors (Lipinski definition) is 3. The van der Waals surface area contributed by atoms with Crippen LogP contribution in [0.4, 0.5) is 11.8 Å². The van der Waals surface area contributed by atoms with Crippen LogP contribution in [0, 0.1) is 0 Å². The van der Waals surface area contributed by atoms with Gasteiger partial charge >= 0.3 is 0 Å². The fourth-order valence-electron chi connectivity index (χ4n) is 1.38. The van der Waals surface area contributed by atoms with Gasteiger partial charge in [0.15, 0.2) is 0 Å². The zero-order valence-electron chi connectivity index (χ0n) is 9.74. The Labute approximate surface area is 94.7 Å². The van der Waals surface area contributed by atoms with Crippen LogP contribution in [0.3, 0.4) is 0 Å². The number of primary amides is 1. The van der Waals surface area contributed by atoms with Gasteiger partial charge < -0.3 is 16.4 Å². The number of nitrogens with two attached hydrogens (primary N) is 1. The van der Waals surface area contributed by atoms with Gasteiger partial charge in [-0.3, -0.25) is 4.79 Å². The molecule has 88 valence electrons. The first-order chi connectivity index (χ1) is 7.43. The third-order valence-corrected chi connectivity index (χ3v) is 1.96. The van der Waals surface area contributed by atoms with E-state index < -0.39 is 5.54 Å². The summed E-state index contributed by atoms with van der Waals surface area (Å²) in [6, 6.07) is 1.74. The van der Waals surface area contributed by atoms with Crippen LogP contribution < -0.4 is 16.4 Å². The highest BCUT2D eigenvalue weighted by Crippen LogP contribution is 2.16. The van der Waals surface area contributed by atoms with E-state index in [1.807, 2.05) is 13.8 Å². The fraction of sp³-hybridized carbons (Fsp3) is 0.500. The molecule has 0 aliphatic carbocycles. The zero-order valence-corrected chi connectivity index (χ0v) is 9.74. The Kier molecular flexibility index (Phi) is 3.65. The summed E-state index contributed by atoms with van der Waals surface area (Å²) in [6.07, 6.45) is 1.88. The van der Waals surface area contributed by atoms with Gasteiger partial charge in [0.25, 0.3) is 0 Å². The van der Waals surface area contributed by atoms with Crippen molar-refractivity contribution in [3.63, 3.8) is 0 Å². The molecule has 0 radical (unpaired) electrons. The van der Waals surface area contributed by atoms with Gasteiger partial charge in [-0.05, 0) is 19.9 Å². The summed E-state index contributed by atoms with van der Waals surface area (Å²) in [5.41, 5.74) is 4.74. The maximum Gasteiger partial charge on any atom is 0.224 e. The molecule has 1 amide bonds. The Morgan fingerprint density at radius 3 is 2.81 bits per heavy atom. The van der Waals surface area contributed by atoms with Crippen LogP contribution in [0.1, 0.15) is 20.3 Å². The van der Waals surface area contributed by atoms with Crippen LogP contribution in [0.15, 0.2) is 12.3 Å². The Morgan fingerprint density at radius 2 is 2.25 bits per heavy atom. The van der Waals surface area contributed by atoms with Crippen LogP contribution in [0.5, 0.6) is 0 Å². The Hall–Kier alpha value is -1.85. The van der Waals surface area contributed by atoms with E-state index in [1.165, 1.54) is 0 Å². The lowest BCUT2D eigenvalue weighted by Gasteiger charge is -2.25. The van der Waals surface area contributed by atoms with E-state index in [0.717, 1.165) is 0 Å². The van der Waals surface area contributed by atoms with E-state index >= 15 is 0 Å². The van der Waals surface area contributed by atoms with E-state index in [2.05, 4.69) is 20.6 Å². The van der Waals surface area contributed by atoms with Gasteiger partial charge in [0.05, 0.1) is 0 Å². The number of nitrogens with one attached hydrogen (secondary N) is 2. The summed E-state index contributed by atoms with van der Waals surface area (Å²) >= 11 is 0. The van der Waals surface area contributed by atoms with Crippen molar-refractivity contribution in [3.8, 4) is 0 Å². The molecule has 1 rings (SSSR count). The second-order valence-corrected chi connectivity index (χ2v) is 4.17. The highest BCUT2D eigenvalue weighted by atomic mass is 16.1. The number of aromatic nitrogens is 2. The number of carbonyl (C=O) groups excluding carboxylic acids is 1. The highest BCUT2D eigenvalue weighted by Gasteiger charge is 2.20. The topological polar surface area (TPSA) is 92.9 Å². The van der Waals surface area contributed by atoms with E-state index in [9.17, 15) is 4.79 Å². The van der Waals surface area contributed by atoms with Gasteiger partial charge in [-0.15, -0.1) is 0 Å². The Bertz CT molecular complexity index is 377. The summed E-state index contributed by atoms with van der Waals surface area (Å²) in [7, 11) is 1.74. The minimum atomic E-state index is -0.425. The van der Waals surface area contributed by atoms with Gasteiger partial charge in [0.1, 0.15) is 5.82 Å². The fourth-order valence-corrected chi connectivity index (χ4v) is 1.38. The predicted octanol–water partition coefficient (Wildman–Crippen LogP) is 0.584. The quantitative estimate of drug-likeness (QED) is 0.679. The maximum absolute atomic E-state index is 10.9. The van der Waals surface area contributed by atoms with Crippen molar-refractivity contribution in [1.29, 1.82) is 0 Å². The second-order valence-electron chi connectivity index (χ2n) is 4.17. The van der Waals surface area contributed by atoms with Crippen LogP contribution in [-0.2, 0) is 4.79 Å². The molecule has 4 N–H and O–H groups in total. The van der Waals surface area contributed by atoms with Gasteiger partial charge in [0.2, 0.25) is 11.9 Å². The van der Waals surface area contributed by atoms with E-state index in [0.29, 0.717) is 11.8 Å². The molecule has 0 aliphatic heterocycles. The van der Waals surface area contributed by atoms with Crippen molar-refractivity contribution in [3.05, 3.63) is 12.3 Å². The molecule has 0 unspecified atom stereocenters. The molecule has 0 spiro atoms. The lowest BCUT2D eigenvalue weighted by Crippen LogP contribution is -2.36. The third kappa shape index (κ3) is 3.72. The van der Waals surface area contributed by atoms with Crippen LogP contribution in [-0.4, -0.2) is 28.5 Å². The standard InChI is InChI=1S/C10H17N5O/c1-10(2,6-7(11)16)15-8-4-5-13-9(12-3)14-8/h4-5H,6H2,1-3H3,(H2,11,16)(H2,12,13,14,15). The van der Waals surface area contributed by atoms with Crippen LogP contribution in [0.25, 0.3) is 0 Å². The van der Waals surface area contributed by atoms with Crippen molar-refractivity contribution >= 4 is 17.7 Å². The number of amides is 1. The molecule has 0 atom stereocenters. The average Bonchev–Trinajstić information content (AvgIpc) is 2.15. The van der Waals surface area contributed by atoms with Gasteiger partial charge in [-0.1, -0.05) is 0 Å². The molecular formula is C10H17N5O. The van der Waals surface area contributed by atoms with Gasteiger partial charge in [-0.2, -0.15) is 4.98 Å². The molecule has 1 heterocycles. The average molecular weight is 223 g/mol. The van der Waals surface area contributed by atoms with Crippen molar-refractivity contribution in [1.82, 2.24) is 9.97 Å². The smallest absolute Gasteiger partial charge is 0.224 e. The number of hydrogen-bond acceptors (Lipinski definition) is 5. The van der Waals surface area contributed by atoms with Crippen molar-refractivity contribution in [2.75, 3.05) is 17.7 Å².